The summed E-state index contributed by atoms with van der Waals surface area (Å²) in [7, 11) is 0. The highest BCUT2D eigenvalue weighted by Crippen LogP contribution is 2.43. The van der Waals surface area contributed by atoms with E-state index in [9.17, 15) is 9.59 Å². The molecular weight excluding hydrogens is 561 g/mol. The second-order valence-electron chi connectivity index (χ2n) is 11.6. The van der Waals surface area contributed by atoms with Crippen molar-refractivity contribution in [1.29, 1.82) is 0 Å². The zero-order chi connectivity index (χ0) is 29.1. The van der Waals surface area contributed by atoms with Crippen LogP contribution in [0.5, 0.6) is 0 Å². The molecule has 4 N–H and O–H groups in total. The molecule has 4 aromatic rings. The number of hydrogen-bond donors (Lipinski definition) is 4. The van der Waals surface area contributed by atoms with Gasteiger partial charge >= 0.3 is 6.03 Å². The average Bonchev–Trinajstić information content (AvgIpc) is 3.41. The summed E-state index contributed by atoms with van der Waals surface area (Å²) in [6, 6.07) is 11.7. The zero-order valence-electron chi connectivity index (χ0n) is 23.2. The number of H-pyrrole nitrogens is 1. The summed E-state index contributed by atoms with van der Waals surface area (Å²) in [4.78, 5) is 34.5. The minimum Gasteiger partial charge on any atom is -0.331 e. The van der Waals surface area contributed by atoms with E-state index in [4.69, 9.17) is 23.2 Å². The molecule has 1 fully saturated rings. The van der Waals surface area contributed by atoms with Crippen LogP contribution < -0.4 is 16.0 Å². The molecule has 11 heteroatoms. The highest BCUT2D eigenvalue weighted by Gasteiger charge is 2.34. The molecule has 2 heterocycles. The van der Waals surface area contributed by atoms with Gasteiger partial charge in [-0.05, 0) is 78.8 Å². The second-order valence-corrected chi connectivity index (χ2v) is 12.5. The second kappa shape index (κ2) is 12.0. The van der Waals surface area contributed by atoms with Crippen LogP contribution in [0.2, 0.25) is 10.0 Å². The van der Waals surface area contributed by atoms with E-state index in [0.717, 1.165) is 31.2 Å². The first-order valence-electron chi connectivity index (χ1n) is 13.7. The van der Waals surface area contributed by atoms with E-state index in [0.29, 0.717) is 44.1 Å². The summed E-state index contributed by atoms with van der Waals surface area (Å²) in [5, 5.41) is 17.1. The summed E-state index contributed by atoms with van der Waals surface area (Å²) >= 11 is 12.2. The molecule has 3 amide bonds. The molecule has 1 aliphatic rings. The van der Waals surface area contributed by atoms with Crippen LogP contribution in [0.3, 0.4) is 0 Å². The van der Waals surface area contributed by atoms with E-state index >= 15 is 0 Å². The minimum absolute atomic E-state index is 0.241. The maximum Gasteiger partial charge on any atom is 0.319 e. The molecule has 1 saturated carbocycles. The van der Waals surface area contributed by atoms with Crippen molar-refractivity contribution in [1.82, 2.24) is 25.5 Å². The van der Waals surface area contributed by atoms with Gasteiger partial charge in [-0.25, -0.2) is 14.8 Å². The van der Waals surface area contributed by atoms with Crippen molar-refractivity contribution in [3.05, 3.63) is 76.2 Å². The number of urea groups is 1. The SMILES string of the molecule is CC(C)(C)C1CCC(C(NC(=O)Nc2cc(Cl)cc(Cl)c2)c2ccc(C(=O)Nc3ncnc4[nH]ncc34)cc2)CC1. The Balaban J connectivity index is 1.34. The molecule has 5 rings (SSSR count). The lowest BCUT2D eigenvalue weighted by Gasteiger charge is -2.39. The van der Waals surface area contributed by atoms with E-state index in [1.807, 2.05) is 12.1 Å². The van der Waals surface area contributed by atoms with Crippen LogP contribution in [0.1, 0.15) is 68.4 Å². The van der Waals surface area contributed by atoms with Gasteiger partial charge in [-0.15, -0.1) is 0 Å². The van der Waals surface area contributed by atoms with Crippen LogP contribution in [0.15, 0.2) is 55.0 Å². The number of rotatable bonds is 6. The van der Waals surface area contributed by atoms with Crippen LogP contribution in [0.25, 0.3) is 11.0 Å². The largest absolute Gasteiger partial charge is 0.331 e. The van der Waals surface area contributed by atoms with Gasteiger partial charge in [0.2, 0.25) is 0 Å². The zero-order valence-corrected chi connectivity index (χ0v) is 24.7. The first-order valence-corrected chi connectivity index (χ1v) is 14.4. The van der Waals surface area contributed by atoms with Gasteiger partial charge in [-0.1, -0.05) is 56.1 Å². The van der Waals surface area contributed by atoms with E-state index in [2.05, 4.69) is 56.9 Å². The number of benzene rings is 2. The minimum atomic E-state index is -0.346. The quantitative estimate of drug-likeness (QED) is 0.183. The van der Waals surface area contributed by atoms with Crippen LogP contribution in [0.4, 0.5) is 16.3 Å². The van der Waals surface area contributed by atoms with Crippen molar-refractivity contribution >= 4 is 57.7 Å². The number of halogens is 2. The van der Waals surface area contributed by atoms with Gasteiger partial charge in [0.15, 0.2) is 5.65 Å². The summed E-state index contributed by atoms with van der Waals surface area (Å²) < 4.78 is 0. The molecule has 1 unspecified atom stereocenters. The average molecular weight is 595 g/mol. The molecule has 1 aliphatic carbocycles. The Morgan fingerprint density at radius 2 is 1.63 bits per heavy atom. The van der Waals surface area contributed by atoms with Crippen molar-refractivity contribution in [3.63, 3.8) is 0 Å². The van der Waals surface area contributed by atoms with Gasteiger partial charge in [0.25, 0.3) is 5.91 Å². The summed E-state index contributed by atoms with van der Waals surface area (Å²) in [6.07, 6.45) is 7.12. The number of aromatic amines is 1. The number of hydrogen-bond acceptors (Lipinski definition) is 5. The lowest BCUT2D eigenvalue weighted by Crippen LogP contribution is -2.38. The van der Waals surface area contributed by atoms with Gasteiger partial charge < -0.3 is 16.0 Å². The van der Waals surface area contributed by atoms with Crippen LogP contribution >= 0.6 is 23.2 Å². The summed E-state index contributed by atoms with van der Waals surface area (Å²) in [5.74, 6) is 0.961. The van der Waals surface area contributed by atoms with Gasteiger partial charge in [0, 0.05) is 21.3 Å². The Labute approximate surface area is 248 Å². The molecule has 0 saturated heterocycles. The van der Waals surface area contributed by atoms with Gasteiger partial charge in [-0.3, -0.25) is 9.89 Å². The fourth-order valence-corrected chi connectivity index (χ4v) is 6.14. The van der Waals surface area contributed by atoms with Crippen LogP contribution in [0, 0.1) is 17.3 Å². The Morgan fingerprint density at radius 1 is 0.951 bits per heavy atom. The number of nitrogens with one attached hydrogen (secondary N) is 4. The Hall–Kier alpha value is -3.69. The van der Waals surface area contributed by atoms with Crippen molar-refractivity contribution in [2.24, 2.45) is 17.3 Å². The Kier molecular flexibility index (Phi) is 8.47. The Morgan fingerprint density at radius 3 is 2.29 bits per heavy atom. The van der Waals surface area contributed by atoms with E-state index in [1.54, 1.807) is 36.5 Å². The van der Waals surface area contributed by atoms with Crippen molar-refractivity contribution < 1.29 is 9.59 Å². The molecule has 41 heavy (non-hydrogen) atoms. The molecule has 0 spiro atoms. The molecule has 2 aromatic heterocycles. The third kappa shape index (κ3) is 6.97. The number of fused-ring (bicyclic) bond motifs is 1. The van der Waals surface area contributed by atoms with Gasteiger partial charge in [-0.2, -0.15) is 5.10 Å². The Bertz CT molecular complexity index is 1520. The number of amides is 3. The van der Waals surface area contributed by atoms with Gasteiger partial charge in [0.1, 0.15) is 12.1 Å². The topological polar surface area (TPSA) is 125 Å². The lowest BCUT2D eigenvalue weighted by molar-refractivity contribution is 0.102. The highest BCUT2D eigenvalue weighted by molar-refractivity contribution is 6.35. The maximum atomic E-state index is 13.2. The predicted molar refractivity (Wildman–Crippen MR) is 162 cm³/mol. The van der Waals surface area contributed by atoms with Crippen molar-refractivity contribution in [3.8, 4) is 0 Å². The molecule has 214 valence electrons. The molecule has 1 atom stereocenters. The first-order chi connectivity index (χ1) is 19.6. The first kappa shape index (κ1) is 28.8. The third-order valence-corrected chi connectivity index (χ3v) is 8.32. The van der Waals surface area contributed by atoms with Crippen LogP contribution in [-0.2, 0) is 0 Å². The third-order valence-electron chi connectivity index (χ3n) is 7.89. The molecule has 0 aliphatic heterocycles. The number of nitrogens with zero attached hydrogens (tertiary/aromatic N) is 3. The predicted octanol–water partition coefficient (Wildman–Crippen LogP) is 7.63. The number of anilines is 2. The molecule has 9 nitrogen and oxygen atoms in total. The maximum absolute atomic E-state index is 13.2. The molecule has 0 radical (unpaired) electrons. The number of carbonyl (C=O) groups is 2. The fraction of sp³-hybridized carbons (Fsp3) is 0.367. The fourth-order valence-electron chi connectivity index (χ4n) is 5.61. The summed E-state index contributed by atoms with van der Waals surface area (Å²) in [5.41, 5.74) is 2.70. The lowest BCUT2D eigenvalue weighted by atomic mass is 9.68. The van der Waals surface area contributed by atoms with Gasteiger partial charge in [0.05, 0.1) is 17.6 Å². The van der Waals surface area contributed by atoms with E-state index < -0.39 is 0 Å². The van der Waals surface area contributed by atoms with E-state index in [-0.39, 0.29) is 29.3 Å². The highest BCUT2D eigenvalue weighted by atomic mass is 35.5. The van der Waals surface area contributed by atoms with E-state index in [1.165, 1.54) is 6.33 Å². The smallest absolute Gasteiger partial charge is 0.319 e. The standard InChI is InChI=1S/C30H33Cl2N7O2/c1-30(2,3)20-10-8-18(9-11-20)25(37-29(41)36-23-13-21(31)12-22(32)14-23)17-4-6-19(7-5-17)28(40)38-26-24-15-35-39-27(24)34-16-33-26/h4-7,12-16,18,20,25H,8-11H2,1-3H3,(H2,36,37,41)(H2,33,34,35,38,39,40). The molecular formula is C30H33Cl2N7O2. The van der Waals surface area contributed by atoms with Crippen molar-refractivity contribution in [2.45, 2.75) is 52.5 Å². The normalized spacial score (nSPS) is 18.1. The number of aromatic nitrogens is 4. The van der Waals surface area contributed by atoms with Crippen molar-refractivity contribution in [2.75, 3.05) is 10.6 Å². The number of carbonyl (C=O) groups excluding carboxylic acids is 2. The monoisotopic (exact) mass is 593 g/mol. The molecule has 2 aromatic carbocycles. The summed E-state index contributed by atoms with van der Waals surface area (Å²) in [6.45, 7) is 6.88. The molecule has 0 bridgehead atoms. The van der Waals surface area contributed by atoms with Crippen LogP contribution in [-0.4, -0.2) is 32.1 Å².